The second kappa shape index (κ2) is 6.44. The Hall–Kier alpha value is -1.60. The van der Waals surface area contributed by atoms with Crippen LogP contribution in [0.5, 0.6) is 0 Å². The molecule has 1 N–H and O–H groups in total. The summed E-state index contributed by atoms with van der Waals surface area (Å²) in [5.74, 6) is 0.675. The molecule has 0 amide bonds. The standard InChI is InChI=1S/C20H24O/c1-15-7-2-3-8-16(15)13-14-20(21)19-12-5-4-11-18(19)17-9-6-10-17/h2-5,7-8,11-12,17,20-21H,6,9-10,13-14H2,1H3. The lowest BCUT2D eigenvalue weighted by Crippen LogP contribution is -2.13. The molecule has 0 heterocycles. The Labute approximate surface area is 127 Å². The van der Waals surface area contributed by atoms with Crippen LogP contribution in [0.2, 0.25) is 0 Å². The average molecular weight is 280 g/mol. The number of aryl methyl sites for hydroxylation is 2. The van der Waals surface area contributed by atoms with Crippen molar-refractivity contribution >= 4 is 0 Å². The fourth-order valence-electron chi connectivity index (χ4n) is 3.24. The highest BCUT2D eigenvalue weighted by atomic mass is 16.3. The van der Waals surface area contributed by atoms with Crippen LogP contribution >= 0.6 is 0 Å². The summed E-state index contributed by atoms with van der Waals surface area (Å²) in [4.78, 5) is 0. The first-order chi connectivity index (χ1) is 10.3. The van der Waals surface area contributed by atoms with Gasteiger partial charge in [0.1, 0.15) is 0 Å². The molecule has 1 fully saturated rings. The topological polar surface area (TPSA) is 20.2 Å². The summed E-state index contributed by atoms with van der Waals surface area (Å²) in [6.07, 6.45) is 5.28. The maximum atomic E-state index is 10.6. The van der Waals surface area contributed by atoms with Crippen molar-refractivity contribution in [3.05, 3.63) is 70.8 Å². The van der Waals surface area contributed by atoms with E-state index in [1.165, 1.54) is 36.0 Å². The quantitative estimate of drug-likeness (QED) is 0.823. The van der Waals surface area contributed by atoms with Crippen LogP contribution < -0.4 is 0 Å². The Morgan fingerprint density at radius 2 is 1.76 bits per heavy atom. The molecule has 1 atom stereocenters. The van der Waals surface area contributed by atoms with Crippen LogP contribution in [0.3, 0.4) is 0 Å². The van der Waals surface area contributed by atoms with Crippen LogP contribution in [0.1, 0.15) is 60.0 Å². The summed E-state index contributed by atoms with van der Waals surface area (Å²) in [5, 5.41) is 10.6. The first kappa shape index (κ1) is 14.3. The van der Waals surface area contributed by atoms with Gasteiger partial charge in [-0.05, 0) is 60.8 Å². The van der Waals surface area contributed by atoms with Gasteiger partial charge in [0, 0.05) is 0 Å². The van der Waals surface area contributed by atoms with Crippen molar-refractivity contribution in [1.82, 2.24) is 0 Å². The van der Waals surface area contributed by atoms with Crippen LogP contribution in [0.15, 0.2) is 48.5 Å². The number of hydrogen-bond acceptors (Lipinski definition) is 1. The highest BCUT2D eigenvalue weighted by molar-refractivity contribution is 5.34. The monoisotopic (exact) mass is 280 g/mol. The zero-order chi connectivity index (χ0) is 14.7. The minimum atomic E-state index is -0.346. The molecule has 0 spiro atoms. The molecular formula is C20H24O. The summed E-state index contributed by atoms with van der Waals surface area (Å²) in [5.41, 5.74) is 5.19. The molecule has 0 aromatic heterocycles. The van der Waals surface area contributed by atoms with Crippen LogP contribution in [-0.2, 0) is 6.42 Å². The van der Waals surface area contributed by atoms with Gasteiger partial charge in [0.2, 0.25) is 0 Å². The zero-order valence-corrected chi connectivity index (χ0v) is 12.8. The summed E-state index contributed by atoms with van der Waals surface area (Å²) < 4.78 is 0. The Kier molecular flexibility index (Phi) is 4.40. The molecule has 2 aromatic carbocycles. The largest absolute Gasteiger partial charge is 0.388 e. The number of benzene rings is 2. The van der Waals surface area contributed by atoms with E-state index in [9.17, 15) is 5.11 Å². The lowest BCUT2D eigenvalue weighted by atomic mass is 9.77. The van der Waals surface area contributed by atoms with E-state index in [0.29, 0.717) is 5.92 Å². The van der Waals surface area contributed by atoms with Crippen molar-refractivity contribution in [2.75, 3.05) is 0 Å². The Morgan fingerprint density at radius 3 is 2.48 bits per heavy atom. The predicted molar refractivity (Wildman–Crippen MR) is 87.5 cm³/mol. The molecule has 1 aliphatic rings. The van der Waals surface area contributed by atoms with Gasteiger partial charge in [-0.3, -0.25) is 0 Å². The number of hydrogen-bond donors (Lipinski definition) is 1. The van der Waals surface area contributed by atoms with E-state index in [1.54, 1.807) is 0 Å². The highest BCUT2D eigenvalue weighted by Crippen LogP contribution is 2.40. The van der Waals surface area contributed by atoms with E-state index < -0.39 is 0 Å². The minimum absolute atomic E-state index is 0.346. The summed E-state index contributed by atoms with van der Waals surface area (Å²) in [6.45, 7) is 2.14. The maximum Gasteiger partial charge on any atom is 0.0796 e. The summed E-state index contributed by atoms with van der Waals surface area (Å²) >= 11 is 0. The maximum absolute atomic E-state index is 10.6. The van der Waals surface area contributed by atoms with Gasteiger partial charge < -0.3 is 5.11 Å². The van der Waals surface area contributed by atoms with Crippen LogP contribution in [0.25, 0.3) is 0 Å². The third kappa shape index (κ3) is 3.19. The number of aliphatic hydroxyl groups is 1. The number of aliphatic hydroxyl groups excluding tert-OH is 1. The van der Waals surface area contributed by atoms with Gasteiger partial charge in [-0.15, -0.1) is 0 Å². The van der Waals surface area contributed by atoms with E-state index in [4.69, 9.17) is 0 Å². The van der Waals surface area contributed by atoms with E-state index in [2.05, 4.69) is 55.5 Å². The first-order valence-electron chi connectivity index (χ1n) is 8.07. The van der Waals surface area contributed by atoms with E-state index in [0.717, 1.165) is 18.4 Å². The second-order valence-electron chi connectivity index (χ2n) is 6.24. The minimum Gasteiger partial charge on any atom is -0.388 e. The Bertz CT molecular complexity index is 598. The molecule has 1 nitrogen and oxygen atoms in total. The first-order valence-corrected chi connectivity index (χ1v) is 8.07. The zero-order valence-electron chi connectivity index (χ0n) is 12.8. The van der Waals surface area contributed by atoms with Crippen molar-refractivity contribution in [2.45, 2.75) is 51.0 Å². The lowest BCUT2D eigenvalue weighted by Gasteiger charge is -2.29. The van der Waals surface area contributed by atoms with E-state index >= 15 is 0 Å². The summed E-state index contributed by atoms with van der Waals surface area (Å²) in [7, 11) is 0. The number of rotatable bonds is 5. The molecule has 0 radical (unpaired) electrons. The Morgan fingerprint density at radius 1 is 1.05 bits per heavy atom. The molecular weight excluding hydrogens is 256 g/mol. The molecule has 21 heavy (non-hydrogen) atoms. The van der Waals surface area contributed by atoms with E-state index in [1.807, 2.05) is 0 Å². The van der Waals surface area contributed by atoms with Crippen molar-refractivity contribution < 1.29 is 5.11 Å². The van der Waals surface area contributed by atoms with Crippen LogP contribution in [0.4, 0.5) is 0 Å². The van der Waals surface area contributed by atoms with Crippen LogP contribution in [0, 0.1) is 6.92 Å². The smallest absolute Gasteiger partial charge is 0.0796 e. The van der Waals surface area contributed by atoms with Gasteiger partial charge in [0.05, 0.1) is 6.10 Å². The molecule has 0 aliphatic heterocycles. The summed E-state index contributed by atoms with van der Waals surface area (Å²) in [6, 6.07) is 16.9. The normalized spacial score (nSPS) is 16.5. The third-order valence-electron chi connectivity index (χ3n) is 4.85. The van der Waals surface area contributed by atoms with Crippen molar-refractivity contribution in [3.63, 3.8) is 0 Å². The lowest BCUT2D eigenvalue weighted by molar-refractivity contribution is 0.165. The van der Waals surface area contributed by atoms with Gasteiger partial charge >= 0.3 is 0 Å². The van der Waals surface area contributed by atoms with Gasteiger partial charge in [0.15, 0.2) is 0 Å². The highest BCUT2D eigenvalue weighted by Gasteiger charge is 2.24. The van der Waals surface area contributed by atoms with Crippen molar-refractivity contribution in [1.29, 1.82) is 0 Å². The van der Waals surface area contributed by atoms with Gasteiger partial charge in [0.25, 0.3) is 0 Å². The molecule has 2 aromatic rings. The van der Waals surface area contributed by atoms with Crippen molar-refractivity contribution in [3.8, 4) is 0 Å². The van der Waals surface area contributed by atoms with Gasteiger partial charge in [-0.1, -0.05) is 55.0 Å². The predicted octanol–water partition coefficient (Wildman–Crippen LogP) is 4.93. The van der Waals surface area contributed by atoms with Crippen LogP contribution in [-0.4, -0.2) is 5.11 Å². The van der Waals surface area contributed by atoms with E-state index in [-0.39, 0.29) is 6.10 Å². The van der Waals surface area contributed by atoms with Gasteiger partial charge in [-0.25, -0.2) is 0 Å². The SMILES string of the molecule is Cc1ccccc1CCC(O)c1ccccc1C1CCC1. The molecule has 0 bridgehead atoms. The van der Waals surface area contributed by atoms with Crippen molar-refractivity contribution in [2.24, 2.45) is 0 Å². The molecule has 110 valence electrons. The molecule has 1 saturated carbocycles. The fourth-order valence-corrected chi connectivity index (χ4v) is 3.24. The molecule has 3 rings (SSSR count). The second-order valence-corrected chi connectivity index (χ2v) is 6.24. The molecule has 1 heteroatoms. The molecule has 1 aliphatic carbocycles. The van der Waals surface area contributed by atoms with Gasteiger partial charge in [-0.2, -0.15) is 0 Å². The molecule has 0 saturated heterocycles. The third-order valence-corrected chi connectivity index (χ3v) is 4.85. The average Bonchev–Trinajstić information content (AvgIpc) is 2.45. The molecule has 1 unspecified atom stereocenters. The fraction of sp³-hybridized carbons (Fsp3) is 0.400. The Balaban J connectivity index is 1.71.